The molecule has 4 aliphatic rings. The Bertz CT molecular complexity index is 1710. The van der Waals surface area contributed by atoms with E-state index in [2.05, 4.69) is 50.3 Å². The number of hydrogen-bond donors (Lipinski definition) is 4. The molecule has 42 heavy (non-hydrogen) atoms. The molecule has 8 heteroatoms. The lowest BCUT2D eigenvalue weighted by Crippen LogP contribution is -2.59. The molecule has 0 aromatic carbocycles. The molecule has 1 aromatic rings. The molecule has 5 rings (SSSR count). The Labute approximate surface area is 245 Å². The molecule has 4 N–H and O–H groups in total. The van der Waals surface area contributed by atoms with Gasteiger partial charge in [0.15, 0.2) is 0 Å². The van der Waals surface area contributed by atoms with Gasteiger partial charge in [-0.25, -0.2) is 4.99 Å². The summed E-state index contributed by atoms with van der Waals surface area (Å²) in [5.41, 5.74) is 3.55. The molecule has 0 aliphatic carbocycles. The molecule has 0 radical (unpaired) electrons. The van der Waals surface area contributed by atoms with Crippen molar-refractivity contribution in [2.75, 3.05) is 0 Å². The van der Waals surface area contributed by atoms with Gasteiger partial charge in [0.25, 0.3) is 0 Å². The second kappa shape index (κ2) is 10.5. The predicted molar refractivity (Wildman–Crippen MR) is 167 cm³/mol. The van der Waals surface area contributed by atoms with Gasteiger partial charge in [-0.1, -0.05) is 25.7 Å². The normalized spacial score (nSPS) is 32.8. The van der Waals surface area contributed by atoms with Gasteiger partial charge in [-0.3, -0.25) is 19.9 Å². The minimum Gasteiger partial charge on any atom is -0.481 e. The van der Waals surface area contributed by atoms with Crippen LogP contribution in [0.15, 0.2) is 93.6 Å². The van der Waals surface area contributed by atoms with Crippen LogP contribution in [0, 0.1) is 5.92 Å². The maximum absolute atomic E-state index is 12.0. The third kappa shape index (κ3) is 4.69. The molecule has 0 amide bonds. The number of aliphatic carboxylic acids is 2. The van der Waals surface area contributed by atoms with Gasteiger partial charge in [0.1, 0.15) is 0 Å². The number of hydrogen-bond acceptors (Lipinski definition) is 5. The molecule has 5 heterocycles. The Morgan fingerprint density at radius 1 is 1.07 bits per heavy atom. The van der Waals surface area contributed by atoms with Gasteiger partial charge in [-0.15, -0.1) is 6.58 Å². The van der Waals surface area contributed by atoms with E-state index in [0.717, 1.165) is 44.4 Å². The summed E-state index contributed by atoms with van der Waals surface area (Å²) in [6.07, 6.45) is 14.0. The number of nitrogens with zero attached hydrogens (tertiary/aromatic N) is 2. The average molecular weight is 567 g/mol. The number of allylic oxidation sites excluding steroid dienone is 3. The van der Waals surface area contributed by atoms with E-state index in [4.69, 9.17) is 9.98 Å². The van der Waals surface area contributed by atoms with Crippen molar-refractivity contribution in [2.24, 2.45) is 15.9 Å². The molecule has 0 saturated carbocycles. The van der Waals surface area contributed by atoms with Crippen LogP contribution in [0.2, 0.25) is 0 Å². The van der Waals surface area contributed by atoms with Crippen molar-refractivity contribution in [1.29, 1.82) is 0 Å². The van der Waals surface area contributed by atoms with E-state index >= 15 is 0 Å². The fraction of sp³-hybridized carbons (Fsp3) is 0.353. The van der Waals surface area contributed by atoms with Crippen LogP contribution in [0.1, 0.15) is 53.4 Å². The summed E-state index contributed by atoms with van der Waals surface area (Å²) in [4.78, 5) is 37.4. The number of nitrogens with one attached hydrogen (secondary N) is 2. The molecule has 4 unspecified atom stereocenters. The van der Waals surface area contributed by atoms with Crippen molar-refractivity contribution in [2.45, 2.75) is 70.0 Å². The van der Waals surface area contributed by atoms with Crippen molar-refractivity contribution < 1.29 is 19.8 Å². The summed E-state index contributed by atoms with van der Waals surface area (Å²) < 4.78 is 0. The first-order chi connectivity index (χ1) is 19.9. The first-order valence-corrected chi connectivity index (χ1v) is 14.3. The number of aliphatic imine (C=N–C) groups is 2. The highest BCUT2D eigenvalue weighted by Gasteiger charge is 2.57. The van der Waals surface area contributed by atoms with Crippen LogP contribution in [-0.2, 0) is 9.59 Å². The molecule has 0 fully saturated rings. The van der Waals surface area contributed by atoms with Gasteiger partial charge in [0.05, 0.1) is 33.7 Å². The van der Waals surface area contributed by atoms with Crippen molar-refractivity contribution in [3.05, 3.63) is 94.4 Å². The number of H-pyrrole nitrogens is 1. The van der Waals surface area contributed by atoms with Gasteiger partial charge in [-0.2, -0.15) is 0 Å². The van der Waals surface area contributed by atoms with Crippen molar-refractivity contribution in [1.82, 2.24) is 10.3 Å². The zero-order valence-electron chi connectivity index (χ0n) is 24.6. The van der Waals surface area contributed by atoms with E-state index in [0.29, 0.717) is 5.71 Å². The van der Waals surface area contributed by atoms with Gasteiger partial charge in [0.2, 0.25) is 0 Å². The second-order valence-corrected chi connectivity index (χ2v) is 11.8. The minimum absolute atomic E-state index is 0.0872. The number of fused-ring (bicyclic) bond motifs is 6. The molecule has 0 spiro atoms. The van der Waals surface area contributed by atoms with Crippen LogP contribution in [0.4, 0.5) is 0 Å². The molecular formula is C34H38N4O4. The minimum atomic E-state index is -1.01. The maximum atomic E-state index is 12.0. The Morgan fingerprint density at radius 2 is 1.76 bits per heavy atom. The molecule has 0 saturated heterocycles. The van der Waals surface area contributed by atoms with E-state index in [9.17, 15) is 19.8 Å². The molecular weight excluding hydrogens is 528 g/mol. The zero-order chi connectivity index (χ0) is 30.4. The molecule has 8 bridgehead atoms. The first-order valence-electron chi connectivity index (χ1n) is 14.3. The number of carbonyl (C=O) groups is 2. The number of rotatable bonds is 8. The SMILES string of the molecule is C=CC1=C(C)C2(C=C)NC1(C)/C=C1/C=CC(=N1)/C=c1/cc/c([nH]1)=C/C1=NC(CCC(=O)O)(C(CCC(=O)O)=C1C)C2C. The zero-order valence-corrected chi connectivity index (χ0v) is 24.6. The summed E-state index contributed by atoms with van der Waals surface area (Å²) in [5, 5.41) is 25.1. The smallest absolute Gasteiger partial charge is 0.303 e. The van der Waals surface area contributed by atoms with Crippen molar-refractivity contribution in [3.63, 3.8) is 0 Å². The number of carboxylic acids is 2. The van der Waals surface area contributed by atoms with Crippen molar-refractivity contribution >= 4 is 35.5 Å². The summed E-state index contributed by atoms with van der Waals surface area (Å²) in [7, 11) is 0. The Kier molecular flexibility index (Phi) is 7.31. The molecule has 4 atom stereocenters. The lowest BCUT2D eigenvalue weighted by atomic mass is 9.64. The average Bonchev–Trinajstić information content (AvgIpc) is 3.67. The number of carboxylic acid groups (broad SMARTS) is 2. The van der Waals surface area contributed by atoms with Gasteiger partial charge >= 0.3 is 11.9 Å². The van der Waals surface area contributed by atoms with Crippen LogP contribution in [0.25, 0.3) is 12.2 Å². The summed E-state index contributed by atoms with van der Waals surface area (Å²) >= 11 is 0. The van der Waals surface area contributed by atoms with Gasteiger partial charge in [0, 0.05) is 29.5 Å². The number of aromatic amines is 1. The van der Waals surface area contributed by atoms with E-state index in [-0.39, 0.29) is 31.6 Å². The van der Waals surface area contributed by atoms with E-state index in [1.54, 1.807) is 0 Å². The van der Waals surface area contributed by atoms with Crippen LogP contribution in [-0.4, -0.2) is 55.2 Å². The fourth-order valence-corrected chi connectivity index (χ4v) is 7.33. The first kappa shape index (κ1) is 29.2. The summed E-state index contributed by atoms with van der Waals surface area (Å²) in [6.45, 7) is 16.6. The third-order valence-corrected chi connectivity index (χ3v) is 9.41. The highest BCUT2D eigenvalue weighted by atomic mass is 16.4. The van der Waals surface area contributed by atoms with E-state index in [1.165, 1.54) is 0 Å². The summed E-state index contributed by atoms with van der Waals surface area (Å²) in [5.74, 6) is -2.19. The number of aromatic nitrogens is 1. The fourth-order valence-electron chi connectivity index (χ4n) is 7.33. The highest BCUT2D eigenvalue weighted by Crippen LogP contribution is 2.53. The van der Waals surface area contributed by atoms with Crippen LogP contribution < -0.4 is 16.0 Å². The summed E-state index contributed by atoms with van der Waals surface area (Å²) in [6, 6.07) is 3.94. The van der Waals surface area contributed by atoms with Gasteiger partial charge in [-0.05, 0) is 98.4 Å². The highest BCUT2D eigenvalue weighted by molar-refractivity contribution is 6.22. The second-order valence-electron chi connectivity index (χ2n) is 11.8. The van der Waals surface area contributed by atoms with E-state index < -0.39 is 28.6 Å². The van der Waals surface area contributed by atoms with Crippen LogP contribution in [0.5, 0.6) is 0 Å². The van der Waals surface area contributed by atoms with Crippen LogP contribution >= 0.6 is 0 Å². The topological polar surface area (TPSA) is 127 Å². The molecule has 4 aliphatic heterocycles. The Balaban J connectivity index is 1.85. The largest absolute Gasteiger partial charge is 0.481 e. The molecule has 1 aromatic heterocycles. The van der Waals surface area contributed by atoms with Crippen molar-refractivity contribution in [3.8, 4) is 0 Å². The Hall–Kier alpha value is -4.30. The maximum Gasteiger partial charge on any atom is 0.303 e. The predicted octanol–water partition coefficient (Wildman–Crippen LogP) is 4.15. The third-order valence-electron chi connectivity index (χ3n) is 9.41. The quantitative estimate of drug-likeness (QED) is 0.352. The van der Waals surface area contributed by atoms with Gasteiger partial charge < -0.3 is 15.2 Å². The van der Waals surface area contributed by atoms with E-state index in [1.807, 2.05) is 55.5 Å². The molecule has 218 valence electrons. The van der Waals surface area contributed by atoms with Crippen LogP contribution in [0.3, 0.4) is 0 Å². The lowest BCUT2D eigenvalue weighted by molar-refractivity contribution is -0.138. The Morgan fingerprint density at radius 3 is 2.40 bits per heavy atom. The standard InChI is InChI=1S/C34H38N4O4/c1-7-27-21(4)33(8-2)22(5)34(16-15-31(41)42)28(13-14-30(39)40)20(3)29(37-34)18-25-10-9-23(35-25)17-24-11-12-26(36-24)19-32(27,6)38-33/h7-12,17-19,22,35,38H,1-2,13-16H2,3-6H3,(H,39,40)(H,41,42)/b23-17-,25-18-,26-19-. The molecule has 8 nitrogen and oxygen atoms in total. The lowest BCUT2D eigenvalue weighted by Gasteiger charge is -2.47. The monoisotopic (exact) mass is 566 g/mol.